The molecule has 0 aliphatic rings. The molecule has 1 heterocycles. The first-order chi connectivity index (χ1) is 13.3. The van der Waals surface area contributed by atoms with Gasteiger partial charge in [-0.15, -0.1) is 0 Å². The summed E-state index contributed by atoms with van der Waals surface area (Å²) in [6.07, 6.45) is 1.01. The van der Waals surface area contributed by atoms with Crippen LogP contribution in [0.4, 0.5) is 4.79 Å². The first-order valence-electron chi connectivity index (χ1n) is 8.67. The lowest BCUT2D eigenvalue weighted by Gasteiger charge is -2.21. The molecule has 8 nitrogen and oxygen atoms in total. The summed E-state index contributed by atoms with van der Waals surface area (Å²) in [5, 5.41) is 2.53. The van der Waals surface area contributed by atoms with Gasteiger partial charge in [0.15, 0.2) is 0 Å². The highest BCUT2D eigenvalue weighted by atomic mass is 79.9. The maximum absolute atomic E-state index is 12.4. The Bertz CT molecular complexity index is 836. The molecule has 3 N–H and O–H groups in total. The number of ether oxygens (including phenoxy) is 1. The van der Waals surface area contributed by atoms with E-state index in [1.165, 1.54) is 0 Å². The van der Waals surface area contributed by atoms with Crippen molar-refractivity contribution < 1.29 is 19.1 Å². The minimum atomic E-state index is -0.872. The van der Waals surface area contributed by atoms with E-state index in [0.717, 1.165) is 10.0 Å². The fourth-order valence-electron chi connectivity index (χ4n) is 2.44. The first-order valence-corrected chi connectivity index (χ1v) is 9.46. The van der Waals surface area contributed by atoms with E-state index in [1.807, 2.05) is 30.3 Å². The number of carbonyl (C=O) groups is 3. The zero-order chi connectivity index (χ0) is 20.7. The topological polar surface area (TPSA) is 101 Å². The molecule has 0 spiro atoms. The van der Waals surface area contributed by atoms with Gasteiger partial charge in [-0.3, -0.25) is 20.4 Å². The number of hydrazine groups is 1. The Morgan fingerprint density at radius 1 is 1.14 bits per heavy atom. The molecule has 0 saturated carbocycles. The Hall–Kier alpha value is -2.81. The summed E-state index contributed by atoms with van der Waals surface area (Å²) in [4.78, 5) is 36.6. The molecule has 3 amide bonds. The van der Waals surface area contributed by atoms with Gasteiger partial charge in [0.05, 0.1) is 0 Å². The molecular weight excluding hydrogens is 428 g/mol. The van der Waals surface area contributed by atoms with Crippen molar-refractivity contribution in [3.05, 3.63) is 58.3 Å². The van der Waals surface area contributed by atoms with Gasteiger partial charge in [-0.2, -0.15) is 0 Å². The second-order valence-corrected chi connectivity index (χ2v) is 7.44. The van der Waals surface area contributed by atoms with Crippen LogP contribution in [0.1, 0.15) is 29.9 Å². The van der Waals surface area contributed by atoms with Crippen molar-refractivity contribution in [2.45, 2.75) is 26.5 Å². The van der Waals surface area contributed by atoms with Crippen molar-refractivity contribution in [3.8, 4) is 0 Å². The number of aryl methyl sites for hydroxylation is 1. The number of benzene rings is 1. The van der Waals surface area contributed by atoms with Crippen molar-refractivity contribution >= 4 is 33.8 Å². The largest absolute Gasteiger partial charge is 0.445 e. The monoisotopic (exact) mass is 450 g/mol. The number of nitrogens with zero attached hydrogens (tertiary/aromatic N) is 1. The molecule has 28 heavy (non-hydrogen) atoms. The van der Waals surface area contributed by atoms with Crippen molar-refractivity contribution in [1.29, 1.82) is 0 Å². The summed E-state index contributed by atoms with van der Waals surface area (Å²) >= 11 is 3.28. The number of alkyl carbamates (subject to hydrolysis) is 1. The van der Waals surface area contributed by atoms with Gasteiger partial charge in [0, 0.05) is 17.7 Å². The highest BCUT2D eigenvalue weighted by Crippen LogP contribution is 2.13. The van der Waals surface area contributed by atoms with Crippen LogP contribution in [0.15, 0.2) is 47.1 Å². The van der Waals surface area contributed by atoms with E-state index in [-0.39, 0.29) is 12.5 Å². The number of nitrogens with one attached hydrogen (secondary N) is 3. The molecule has 1 atom stereocenters. The van der Waals surface area contributed by atoms with Crippen LogP contribution in [0.3, 0.4) is 0 Å². The number of hydrogen-bond donors (Lipinski definition) is 3. The van der Waals surface area contributed by atoms with E-state index in [9.17, 15) is 14.4 Å². The van der Waals surface area contributed by atoms with Crippen LogP contribution in [-0.4, -0.2) is 28.5 Å². The van der Waals surface area contributed by atoms with Crippen molar-refractivity contribution in [3.63, 3.8) is 0 Å². The van der Waals surface area contributed by atoms with E-state index in [2.05, 4.69) is 32.1 Å². The van der Waals surface area contributed by atoms with Gasteiger partial charge in [0.2, 0.25) is 0 Å². The van der Waals surface area contributed by atoms with E-state index in [0.29, 0.717) is 5.69 Å². The maximum atomic E-state index is 12.4. The van der Waals surface area contributed by atoms with Gasteiger partial charge in [-0.1, -0.05) is 44.2 Å². The average Bonchev–Trinajstić information content (AvgIpc) is 3.01. The molecule has 0 saturated heterocycles. The van der Waals surface area contributed by atoms with Gasteiger partial charge in [-0.05, 0) is 33.5 Å². The van der Waals surface area contributed by atoms with Gasteiger partial charge in [0.1, 0.15) is 18.3 Å². The Kier molecular flexibility index (Phi) is 7.62. The lowest BCUT2D eigenvalue weighted by Crippen LogP contribution is -2.54. The zero-order valence-electron chi connectivity index (χ0n) is 15.9. The van der Waals surface area contributed by atoms with Crippen molar-refractivity contribution in [2.24, 2.45) is 13.0 Å². The highest BCUT2D eigenvalue weighted by molar-refractivity contribution is 9.10. The second kappa shape index (κ2) is 9.93. The molecule has 0 fully saturated rings. The number of rotatable bonds is 6. The number of carbonyl (C=O) groups excluding carboxylic acids is 3. The molecule has 0 aliphatic carbocycles. The molecule has 2 aromatic rings. The van der Waals surface area contributed by atoms with Crippen molar-refractivity contribution in [1.82, 2.24) is 20.7 Å². The molecule has 9 heteroatoms. The predicted octanol–water partition coefficient (Wildman–Crippen LogP) is 2.50. The quantitative estimate of drug-likeness (QED) is 0.588. The minimum absolute atomic E-state index is 0.0954. The number of amides is 3. The summed E-state index contributed by atoms with van der Waals surface area (Å²) in [6, 6.07) is 9.97. The van der Waals surface area contributed by atoms with E-state index < -0.39 is 23.9 Å². The van der Waals surface area contributed by atoms with Gasteiger partial charge >= 0.3 is 6.09 Å². The first kappa shape index (κ1) is 21.5. The molecule has 150 valence electrons. The summed E-state index contributed by atoms with van der Waals surface area (Å²) in [7, 11) is 1.71. The number of aromatic nitrogens is 1. The molecule has 1 aromatic heterocycles. The summed E-state index contributed by atoms with van der Waals surface area (Å²) in [5.74, 6) is -1.24. The molecule has 1 aromatic carbocycles. The summed E-state index contributed by atoms with van der Waals surface area (Å²) in [6.45, 7) is 3.65. The van der Waals surface area contributed by atoms with E-state index in [1.54, 1.807) is 37.7 Å². The summed E-state index contributed by atoms with van der Waals surface area (Å²) < 4.78 is 7.51. The molecule has 0 aliphatic heterocycles. The van der Waals surface area contributed by atoms with E-state index in [4.69, 9.17) is 4.74 Å². The highest BCUT2D eigenvalue weighted by Gasteiger charge is 2.25. The Morgan fingerprint density at radius 2 is 1.82 bits per heavy atom. The Balaban J connectivity index is 1.87. The normalized spacial score (nSPS) is 11.6. The Morgan fingerprint density at radius 3 is 2.39 bits per heavy atom. The van der Waals surface area contributed by atoms with Gasteiger partial charge in [-0.25, -0.2) is 4.79 Å². The van der Waals surface area contributed by atoms with Crippen LogP contribution in [0, 0.1) is 5.92 Å². The summed E-state index contributed by atoms with van der Waals surface area (Å²) in [5.41, 5.74) is 5.89. The standard InChI is InChI=1S/C19H23BrN4O4/c1-12(2)16(21-19(27)28-11-13-7-5-4-6-8-13)18(26)23-22-17(25)15-9-14(20)10-24(15)3/h4-10,12,16H,11H2,1-3H3,(H,21,27)(H,22,25)(H,23,26)/t16-/m0/s1. The van der Waals surface area contributed by atoms with Gasteiger partial charge in [0.25, 0.3) is 11.8 Å². The Labute approximate surface area is 171 Å². The number of halogens is 1. The zero-order valence-corrected chi connectivity index (χ0v) is 17.4. The third-order valence-corrected chi connectivity index (χ3v) is 4.37. The average molecular weight is 451 g/mol. The molecule has 0 unspecified atom stereocenters. The van der Waals surface area contributed by atoms with E-state index >= 15 is 0 Å². The maximum Gasteiger partial charge on any atom is 0.408 e. The fraction of sp³-hybridized carbons (Fsp3) is 0.316. The van der Waals surface area contributed by atoms with Crippen LogP contribution in [0.2, 0.25) is 0 Å². The molecule has 2 rings (SSSR count). The van der Waals surface area contributed by atoms with Gasteiger partial charge < -0.3 is 14.6 Å². The van der Waals surface area contributed by atoms with Crippen LogP contribution in [-0.2, 0) is 23.2 Å². The predicted molar refractivity (Wildman–Crippen MR) is 107 cm³/mol. The minimum Gasteiger partial charge on any atom is -0.445 e. The van der Waals surface area contributed by atoms with Crippen molar-refractivity contribution in [2.75, 3.05) is 0 Å². The van der Waals surface area contributed by atoms with Crippen LogP contribution in [0.25, 0.3) is 0 Å². The molecular formula is C19H23BrN4O4. The number of hydrogen-bond acceptors (Lipinski definition) is 4. The second-order valence-electron chi connectivity index (χ2n) is 6.53. The lowest BCUT2D eigenvalue weighted by molar-refractivity contribution is -0.124. The molecule has 0 radical (unpaired) electrons. The fourth-order valence-corrected chi connectivity index (χ4v) is 2.96. The van der Waals surface area contributed by atoms with Crippen LogP contribution in [0.5, 0.6) is 0 Å². The third-order valence-electron chi connectivity index (χ3n) is 3.94. The van der Waals surface area contributed by atoms with Crippen LogP contribution < -0.4 is 16.2 Å². The third kappa shape index (κ3) is 6.12. The van der Waals surface area contributed by atoms with Crippen LogP contribution >= 0.6 is 15.9 Å². The lowest BCUT2D eigenvalue weighted by atomic mass is 10.0. The molecule has 0 bridgehead atoms. The smallest absolute Gasteiger partial charge is 0.408 e. The SMILES string of the molecule is CC(C)[C@H](NC(=O)OCc1ccccc1)C(=O)NNC(=O)c1cc(Br)cn1C.